The van der Waals surface area contributed by atoms with E-state index in [1.54, 1.807) is 0 Å². The monoisotopic (exact) mass is 206 g/mol. The van der Waals surface area contributed by atoms with Gasteiger partial charge in [-0.2, -0.15) is 0 Å². The van der Waals surface area contributed by atoms with Gasteiger partial charge in [0.25, 0.3) is 0 Å². The molecule has 0 bridgehead atoms. The van der Waals surface area contributed by atoms with Gasteiger partial charge in [-0.05, 0) is 38.1 Å². The Bertz CT molecular complexity index is 266. The topological polar surface area (TPSA) is 15.3 Å². The highest BCUT2D eigenvalue weighted by molar-refractivity contribution is 5.47. The second-order valence-electron chi connectivity index (χ2n) is 3.78. The van der Waals surface area contributed by atoms with Crippen molar-refractivity contribution in [3.05, 3.63) is 29.8 Å². The lowest BCUT2D eigenvalue weighted by Crippen LogP contribution is -2.23. The van der Waals surface area contributed by atoms with Crippen LogP contribution >= 0.6 is 0 Å². The van der Waals surface area contributed by atoms with E-state index < -0.39 is 0 Å². The fourth-order valence-electron chi connectivity index (χ4n) is 1.77. The third-order valence-corrected chi connectivity index (χ3v) is 2.56. The minimum Gasteiger partial charge on any atom is -0.372 e. The van der Waals surface area contributed by atoms with Gasteiger partial charge in [0.15, 0.2) is 0 Å². The van der Waals surface area contributed by atoms with Crippen LogP contribution in [0.2, 0.25) is 0 Å². The van der Waals surface area contributed by atoms with E-state index in [0.717, 1.165) is 19.6 Å². The Labute approximate surface area is 93.3 Å². The van der Waals surface area contributed by atoms with Crippen LogP contribution in [0.4, 0.5) is 5.69 Å². The maximum absolute atomic E-state index is 3.16. The third kappa shape index (κ3) is 3.56. The number of anilines is 1. The molecule has 0 atom stereocenters. The first-order valence-corrected chi connectivity index (χ1v) is 5.80. The lowest BCUT2D eigenvalue weighted by Gasteiger charge is -2.22. The molecule has 0 aliphatic heterocycles. The molecule has 0 radical (unpaired) electrons. The maximum atomic E-state index is 3.16. The van der Waals surface area contributed by atoms with Gasteiger partial charge < -0.3 is 10.2 Å². The predicted octanol–water partition coefficient (Wildman–Crippen LogP) is 2.64. The van der Waals surface area contributed by atoms with Crippen LogP contribution in [0, 0.1) is 0 Å². The van der Waals surface area contributed by atoms with Gasteiger partial charge in [-0.1, -0.05) is 19.1 Å². The molecule has 0 heterocycles. The third-order valence-electron chi connectivity index (χ3n) is 2.56. The summed E-state index contributed by atoms with van der Waals surface area (Å²) in [6.07, 6.45) is 1.20. The Morgan fingerprint density at radius 2 is 1.80 bits per heavy atom. The van der Waals surface area contributed by atoms with Gasteiger partial charge in [0.1, 0.15) is 0 Å². The zero-order chi connectivity index (χ0) is 11.1. The molecule has 0 saturated heterocycles. The summed E-state index contributed by atoms with van der Waals surface area (Å²) < 4.78 is 0. The van der Waals surface area contributed by atoms with Crippen LogP contribution in [0.25, 0.3) is 0 Å². The molecule has 1 N–H and O–H groups in total. The molecule has 2 heteroatoms. The Kier molecular flexibility index (Phi) is 5.19. The molecule has 0 amide bonds. The van der Waals surface area contributed by atoms with Crippen molar-refractivity contribution >= 4 is 5.69 Å². The van der Waals surface area contributed by atoms with Crippen LogP contribution < -0.4 is 10.2 Å². The molecule has 2 nitrogen and oxygen atoms in total. The highest BCUT2D eigenvalue weighted by Crippen LogP contribution is 2.15. The summed E-state index contributed by atoms with van der Waals surface area (Å²) in [5, 5.41) is 3.16. The van der Waals surface area contributed by atoms with Crippen LogP contribution in [0.3, 0.4) is 0 Å². The van der Waals surface area contributed by atoms with Crippen molar-refractivity contribution in [2.75, 3.05) is 25.0 Å². The highest BCUT2D eigenvalue weighted by Gasteiger charge is 2.01. The standard InChI is InChI=1S/C13H22N2/c1-4-10-15(5-2)13-8-6-12(7-9-13)11-14-3/h6-9,14H,4-5,10-11H2,1-3H3. The van der Waals surface area contributed by atoms with Crippen molar-refractivity contribution in [3.8, 4) is 0 Å². The number of hydrogen-bond donors (Lipinski definition) is 1. The number of rotatable bonds is 6. The van der Waals surface area contributed by atoms with E-state index in [2.05, 4.69) is 48.3 Å². The lowest BCUT2D eigenvalue weighted by molar-refractivity contribution is 0.789. The van der Waals surface area contributed by atoms with E-state index >= 15 is 0 Å². The van der Waals surface area contributed by atoms with E-state index in [-0.39, 0.29) is 0 Å². The minimum atomic E-state index is 0.945. The molecule has 15 heavy (non-hydrogen) atoms. The van der Waals surface area contributed by atoms with E-state index in [0.29, 0.717) is 0 Å². The zero-order valence-electron chi connectivity index (χ0n) is 10.1. The minimum absolute atomic E-state index is 0.945. The van der Waals surface area contributed by atoms with Gasteiger partial charge in [0.05, 0.1) is 0 Å². The highest BCUT2D eigenvalue weighted by atomic mass is 15.1. The van der Waals surface area contributed by atoms with E-state index in [1.165, 1.54) is 17.7 Å². The molecular formula is C13H22N2. The molecule has 0 unspecified atom stereocenters. The van der Waals surface area contributed by atoms with E-state index in [1.807, 2.05) is 7.05 Å². The molecule has 84 valence electrons. The van der Waals surface area contributed by atoms with Gasteiger partial charge in [0, 0.05) is 25.3 Å². The van der Waals surface area contributed by atoms with Crippen LogP contribution in [-0.4, -0.2) is 20.1 Å². The fourth-order valence-corrected chi connectivity index (χ4v) is 1.77. The molecule has 0 fully saturated rings. The summed E-state index contributed by atoms with van der Waals surface area (Å²) in [5.41, 5.74) is 2.67. The number of hydrogen-bond acceptors (Lipinski definition) is 2. The molecule has 1 rings (SSSR count). The Morgan fingerprint density at radius 1 is 1.13 bits per heavy atom. The summed E-state index contributed by atoms with van der Waals surface area (Å²) in [5.74, 6) is 0. The van der Waals surface area contributed by atoms with Crippen molar-refractivity contribution < 1.29 is 0 Å². The first-order valence-electron chi connectivity index (χ1n) is 5.80. The summed E-state index contributed by atoms with van der Waals surface area (Å²) in [6, 6.07) is 8.83. The van der Waals surface area contributed by atoms with Crippen LogP contribution in [0.1, 0.15) is 25.8 Å². The predicted molar refractivity (Wildman–Crippen MR) is 67.4 cm³/mol. The quantitative estimate of drug-likeness (QED) is 0.769. The van der Waals surface area contributed by atoms with Crippen LogP contribution in [0.15, 0.2) is 24.3 Å². The Balaban J connectivity index is 2.68. The van der Waals surface area contributed by atoms with Crippen LogP contribution in [0.5, 0.6) is 0 Å². The molecule has 0 aliphatic carbocycles. The smallest absolute Gasteiger partial charge is 0.0366 e. The van der Waals surface area contributed by atoms with Gasteiger partial charge in [0.2, 0.25) is 0 Å². The second-order valence-corrected chi connectivity index (χ2v) is 3.78. The van der Waals surface area contributed by atoms with E-state index in [4.69, 9.17) is 0 Å². The van der Waals surface area contributed by atoms with Crippen molar-refractivity contribution in [1.29, 1.82) is 0 Å². The van der Waals surface area contributed by atoms with Crippen molar-refractivity contribution in [2.45, 2.75) is 26.8 Å². The normalized spacial score (nSPS) is 10.3. The van der Waals surface area contributed by atoms with Gasteiger partial charge in [-0.15, -0.1) is 0 Å². The number of nitrogens with one attached hydrogen (secondary N) is 1. The Morgan fingerprint density at radius 3 is 2.27 bits per heavy atom. The molecule has 0 spiro atoms. The maximum Gasteiger partial charge on any atom is 0.0366 e. The van der Waals surface area contributed by atoms with Crippen molar-refractivity contribution in [3.63, 3.8) is 0 Å². The zero-order valence-corrected chi connectivity index (χ0v) is 10.1. The summed E-state index contributed by atoms with van der Waals surface area (Å²) >= 11 is 0. The van der Waals surface area contributed by atoms with E-state index in [9.17, 15) is 0 Å². The lowest BCUT2D eigenvalue weighted by atomic mass is 10.2. The summed E-state index contributed by atoms with van der Waals surface area (Å²) in [7, 11) is 1.98. The van der Waals surface area contributed by atoms with Gasteiger partial charge in [-0.3, -0.25) is 0 Å². The molecular weight excluding hydrogens is 184 g/mol. The first-order chi connectivity index (χ1) is 7.31. The number of benzene rings is 1. The van der Waals surface area contributed by atoms with Gasteiger partial charge in [-0.25, -0.2) is 0 Å². The van der Waals surface area contributed by atoms with Crippen LogP contribution in [-0.2, 0) is 6.54 Å². The largest absolute Gasteiger partial charge is 0.372 e. The number of nitrogens with zero attached hydrogens (tertiary/aromatic N) is 1. The first kappa shape index (κ1) is 12.1. The molecule has 0 saturated carbocycles. The summed E-state index contributed by atoms with van der Waals surface area (Å²) in [6.45, 7) is 7.59. The summed E-state index contributed by atoms with van der Waals surface area (Å²) in [4.78, 5) is 2.41. The second kappa shape index (κ2) is 6.46. The van der Waals surface area contributed by atoms with Gasteiger partial charge >= 0.3 is 0 Å². The van der Waals surface area contributed by atoms with Crippen molar-refractivity contribution in [2.24, 2.45) is 0 Å². The average molecular weight is 206 g/mol. The molecule has 1 aromatic rings. The molecule has 1 aromatic carbocycles. The van der Waals surface area contributed by atoms with Crippen molar-refractivity contribution in [1.82, 2.24) is 5.32 Å². The molecule has 0 aromatic heterocycles. The average Bonchev–Trinajstić information content (AvgIpc) is 2.28. The SMILES string of the molecule is CCCN(CC)c1ccc(CNC)cc1. The fraction of sp³-hybridized carbons (Fsp3) is 0.538. The molecule has 0 aliphatic rings. The Hall–Kier alpha value is -1.02.